The fraction of sp³-hybridized carbons (Fsp3) is 0. The van der Waals surface area contributed by atoms with E-state index in [0.29, 0.717) is 0 Å². The number of nitro groups is 1. The predicted molar refractivity (Wildman–Crippen MR) is 104 cm³/mol. The van der Waals surface area contributed by atoms with Gasteiger partial charge in [0.2, 0.25) is 0 Å². The molecule has 0 saturated heterocycles. The number of fused-ring (bicyclic) bond motifs is 1. The highest BCUT2D eigenvalue weighted by molar-refractivity contribution is 7.86. The molecular weight excluding hydrogens is 458 g/mol. The molecule has 31 heavy (non-hydrogen) atoms. The molecule has 3 aromatic rings. The number of rotatable bonds is 5. The van der Waals surface area contributed by atoms with Gasteiger partial charge in [0.15, 0.2) is 5.75 Å². The second kappa shape index (κ2) is 7.55. The third-order valence-corrected chi connectivity index (χ3v) is 5.79. The van der Waals surface area contributed by atoms with Crippen molar-refractivity contribution >= 4 is 48.1 Å². The molecule has 0 fully saturated rings. The van der Waals surface area contributed by atoms with Crippen molar-refractivity contribution in [2.75, 3.05) is 0 Å². The van der Waals surface area contributed by atoms with Crippen molar-refractivity contribution < 1.29 is 41.1 Å². The summed E-state index contributed by atoms with van der Waals surface area (Å²) >= 11 is 0. The number of benzene rings is 3. The van der Waals surface area contributed by atoms with Crippen LogP contribution in [-0.2, 0) is 20.2 Å². The van der Waals surface area contributed by atoms with Crippen LogP contribution in [0.4, 0.5) is 17.1 Å². The van der Waals surface area contributed by atoms with Crippen LogP contribution in [0.15, 0.2) is 62.5 Å². The van der Waals surface area contributed by atoms with E-state index in [2.05, 4.69) is 10.2 Å². The summed E-state index contributed by atoms with van der Waals surface area (Å²) < 4.78 is 65.8. The van der Waals surface area contributed by atoms with Crippen molar-refractivity contribution in [2.45, 2.75) is 9.79 Å². The second-order valence-corrected chi connectivity index (χ2v) is 8.79. The van der Waals surface area contributed by atoms with Gasteiger partial charge in [0, 0.05) is 17.5 Å². The molecule has 4 N–H and O–H groups in total. The first-order valence-corrected chi connectivity index (χ1v) is 10.8. The summed E-state index contributed by atoms with van der Waals surface area (Å²) in [6.45, 7) is 0. The lowest BCUT2D eigenvalue weighted by Crippen LogP contribution is -2.02. The number of hydrogen-bond donors (Lipinski definition) is 4. The number of non-ortho nitro benzene ring substituents is 1. The maximum atomic E-state index is 11.8. The largest absolute Gasteiger partial charge is 0.506 e. The molecule has 0 bridgehead atoms. The highest BCUT2D eigenvalue weighted by Crippen LogP contribution is 2.44. The normalized spacial score (nSPS) is 12.5. The number of aromatic hydroxyl groups is 2. The minimum atomic E-state index is -5.03. The van der Waals surface area contributed by atoms with E-state index in [1.54, 1.807) is 0 Å². The lowest BCUT2D eigenvalue weighted by molar-refractivity contribution is -0.384. The number of hydrogen-bond acceptors (Lipinski definition) is 10. The zero-order chi connectivity index (χ0) is 23.1. The third kappa shape index (κ3) is 4.29. The molecule has 0 aliphatic rings. The smallest absolute Gasteiger partial charge is 0.296 e. The summed E-state index contributed by atoms with van der Waals surface area (Å²) in [6.07, 6.45) is 0. The first-order valence-electron chi connectivity index (χ1n) is 7.93. The fourth-order valence-electron chi connectivity index (χ4n) is 2.68. The van der Waals surface area contributed by atoms with Crippen LogP contribution in [-0.4, -0.2) is 41.1 Å². The highest BCUT2D eigenvalue weighted by atomic mass is 32.2. The van der Waals surface area contributed by atoms with Crippen molar-refractivity contribution in [3.05, 3.63) is 52.6 Å². The van der Waals surface area contributed by atoms with Gasteiger partial charge in [-0.15, -0.1) is 10.2 Å². The van der Waals surface area contributed by atoms with Gasteiger partial charge in [-0.2, -0.15) is 16.8 Å². The molecule has 0 heterocycles. The van der Waals surface area contributed by atoms with Gasteiger partial charge in [-0.3, -0.25) is 19.2 Å². The van der Waals surface area contributed by atoms with Gasteiger partial charge in [-0.1, -0.05) is 12.1 Å². The van der Waals surface area contributed by atoms with Gasteiger partial charge < -0.3 is 10.2 Å². The average molecular weight is 469 g/mol. The third-order valence-electron chi connectivity index (χ3n) is 4.02. The van der Waals surface area contributed by atoms with Gasteiger partial charge in [0.25, 0.3) is 25.9 Å². The molecule has 0 unspecified atom stereocenters. The molecular formula is C16H11N3O10S2. The summed E-state index contributed by atoms with van der Waals surface area (Å²) in [6, 6.07) is 6.75. The van der Waals surface area contributed by atoms with Crippen molar-refractivity contribution in [2.24, 2.45) is 10.2 Å². The van der Waals surface area contributed by atoms with Crippen LogP contribution in [0.3, 0.4) is 0 Å². The van der Waals surface area contributed by atoms with E-state index in [1.165, 1.54) is 6.07 Å². The minimum absolute atomic E-state index is 0.183. The predicted octanol–water partition coefficient (Wildman–Crippen LogP) is 3.07. The molecule has 15 heteroatoms. The molecule has 162 valence electrons. The Kier molecular flexibility index (Phi) is 5.36. The van der Waals surface area contributed by atoms with Crippen LogP contribution in [0, 0.1) is 10.1 Å². The molecule has 13 nitrogen and oxygen atoms in total. The Morgan fingerprint density at radius 1 is 0.871 bits per heavy atom. The van der Waals surface area contributed by atoms with E-state index >= 15 is 0 Å². The number of azo groups is 1. The van der Waals surface area contributed by atoms with Crippen molar-refractivity contribution in [3.8, 4) is 11.5 Å². The molecule has 0 amide bonds. The van der Waals surface area contributed by atoms with Crippen molar-refractivity contribution in [1.29, 1.82) is 0 Å². The lowest BCUT2D eigenvalue weighted by Gasteiger charge is -2.11. The highest BCUT2D eigenvalue weighted by Gasteiger charge is 2.26. The standard InChI is InChI=1S/C16H11N3O10S2/c20-11-5-4-9(19(22)23)7-10(11)17-18-15-13(31(27,28)29)6-8-2-1-3-12(30(24,25)26)14(8)16(15)21/h1-7,20-21H,(H,24,25,26)(H,27,28,29). The Morgan fingerprint density at radius 2 is 1.52 bits per heavy atom. The van der Waals surface area contributed by atoms with E-state index in [1.807, 2.05) is 0 Å². The summed E-state index contributed by atoms with van der Waals surface area (Å²) in [4.78, 5) is 8.33. The first kappa shape index (κ1) is 22.0. The van der Waals surface area contributed by atoms with Gasteiger partial charge in [0.1, 0.15) is 26.9 Å². The van der Waals surface area contributed by atoms with Crippen LogP contribution in [0.5, 0.6) is 11.5 Å². The Labute approximate surface area is 173 Å². The number of nitro benzene ring substituents is 1. The van der Waals surface area contributed by atoms with Gasteiger partial charge in [0.05, 0.1) is 4.92 Å². The van der Waals surface area contributed by atoms with E-state index in [-0.39, 0.29) is 5.39 Å². The Hall–Kier alpha value is -3.66. The molecule has 0 spiro atoms. The van der Waals surface area contributed by atoms with E-state index < -0.39 is 68.9 Å². The van der Waals surface area contributed by atoms with E-state index in [0.717, 1.165) is 36.4 Å². The second-order valence-electron chi connectivity index (χ2n) is 6.01. The number of phenols is 2. The van der Waals surface area contributed by atoms with Crippen LogP contribution in [0.25, 0.3) is 10.8 Å². The Bertz CT molecular complexity index is 1480. The van der Waals surface area contributed by atoms with Crippen LogP contribution in [0.2, 0.25) is 0 Å². The van der Waals surface area contributed by atoms with Gasteiger partial charge in [-0.25, -0.2) is 0 Å². The van der Waals surface area contributed by atoms with Gasteiger partial charge in [-0.05, 0) is 23.6 Å². The van der Waals surface area contributed by atoms with Crippen LogP contribution >= 0.6 is 0 Å². The van der Waals surface area contributed by atoms with Gasteiger partial charge >= 0.3 is 0 Å². The Balaban J connectivity index is 2.36. The summed E-state index contributed by atoms with van der Waals surface area (Å²) in [5.41, 5.74) is -1.91. The summed E-state index contributed by atoms with van der Waals surface area (Å²) in [5, 5.41) is 37.5. The summed E-state index contributed by atoms with van der Waals surface area (Å²) in [5.74, 6) is -1.66. The molecule has 0 saturated carbocycles. The Morgan fingerprint density at radius 3 is 2.10 bits per heavy atom. The topological polar surface area (TPSA) is 217 Å². The van der Waals surface area contributed by atoms with E-state index in [4.69, 9.17) is 0 Å². The van der Waals surface area contributed by atoms with Crippen molar-refractivity contribution in [3.63, 3.8) is 0 Å². The molecule has 0 atom stereocenters. The fourth-order valence-corrected chi connectivity index (χ4v) is 4.06. The first-order chi connectivity index (χ1) is 14.3. The molecule has 0 aromatic heterocycles. The van der Waals surface area contributed by atoms with Crippen molar-refractivity contribution in [1.82, 2.24) is 0 Å². The quantitative estimate of drug-likeness (QED) is 0.185. The average Bonchev–Trinajstić information content (AvgIpc) is 2.66. The number of phenolic OH excluding ortho intramolecular Hbond substituents is 2. The molecule has 0 aliphatic carbocycles. The zero-order valence-electron chi connectivity index (χ0n) is 14.9. The molecule has 3 rings (SSSR count). The SMILES string of the molecule is O=[N+]([O-])c1ccc(O)c(N=Nc2c(S(=O)(=O)O)cc3cccc(S(=O)(=O)O)c3c2O)c1. The molecule has 0 radical (unpaired) electrons. The monoisotopic (exact) mass is 469 g/mol. The van der Waals surface area contributed by atoms with Crippen LogP contribution < -0.4 is 0 Å². The maximum Gasteiger partial charge on any atom is 0.296 e. The number of nitrogens with zero attached hydrogens (tertiary/aromatic N) is 3. The lowest BCUT2D eigenvalue weighted by atomic mass is 10.1. The molecule has 3 aromatic carbocycles. The zero-order valence-corrected chi connectivity index (χ0v) is 16.6. The summed E-state index contributed by atoms with van der Waals surface area (Å²) in [7, 11) is -9.89. The molecule has 0 aliphatic heterocycles. The van der Waals surface area contributed by atoms with Crippen LogP contribution in [0.1, 0.15) is 0 Å². The maximum absolute atomic E-state index is 11.8. The minimum Gasteiger partial charge on any atom is -0.506 e. The van der Waals surface area contributed by atoms with E-state index in [9.17, 15) is 46.3 Å².